The Hall–Kier alpha value is -2.34. The van der Waals surface area contributed by atoms with Crippen molar-refractivity contribution in [1.82, 2.24) is 4.90 Å². The summed E-state index contributed by atoms with van der Waals surface area (Å²) in [5.74, 6) is 1.54. The van der Waals surface area contributed by atoms with Gasteiger partial charge in [-0.25, -0.2) is 4.79 Å². The molecule has 5 nitrogen and oxygen atoms in total. The van der Waals surface area contributed by atoms with E-state index in [1.165, 1.54) is 0 Å². The molecule has 1 saturated heterocycles. The summed E-state index contributed by atoms with van der Waals surface area (Å²) in [5, 5.41) is 3.06. The minimum absolute atomic E-state index is 0.0264. The van der Waals surface area contributed by atoms with Crippen molar-refractivity contribution in [3.05, 3.63) is 48.0 Å². The molecule has 0 saturated carbocycles. The van der Waals surface area contributed by atoms with E-state index < -0.39 is 0 Å². The van der Waals surface area contributed by atoms with Crippen LogP contribution in [0.25, 0.3) is 0 Å². The maximum absolute atomic E-state index is 13.0. The number of ether oxygens (including phenoxy) is 2. The Balaban J connectivity index is 1.85. The highest BCUT2D eigenvalue weighted by Gasteiger charge is 2.32. The first-order chi connectivity index (χ1) is 12.7. The van der Waals surface area contributed by atoms with Gasteiger partial charge in [-0.2, -0.15) is 0 Å². The smallest absolute Gasteiger partial charge is 0.322 e. The molecule has 0 aliphatic carbocycles. The lowest BCUT2D eigenvalue weighted by Gasteiger charge is -2.27. The molecule has 3 rings (SSSR count). The minimum atomic E-state index is -0.0844. The molecule has 2 amide bonds. The number of hydrogen-bond donors (Lipinski definition) is 1. The number of urea groups is 1. The fraction of sp³-hybridized carbons (Fsp3) is 0.350. The number of methoxy groups -OCH3 is 2. The Morgan fingerprint density at radius 1 is 1.19 bits per heavy atom. The molecule has 1 atom stereocenters. The second-order valence-corrected chi connectivity index (χ2v) is 6.94. The minimum Gasteiger partial charge on any atom is -0.497 e. The van der Waals surface area contributed by atoms with Crippen LogP contribution in [0, 0.1) is 0 Å². The maximum atomic E-state index is 13.0. The summed E-state index contributed by atoms with van der Waals surface area (Å²) >= 11 is 1.62. The summed E-state index contributed by atoms with van der Waals surface area (Å²) < 4.78 is 10.9. The summed E-state index contributed by atoms with van der Waals surface area (Å²) in [5.41, 5.74) is 1.82. The van der Waals surface area contributed by atoms with Crippen molar-refractivity contribution in [3.63, 3.8) is 0 Å². The number of amides is 2. The zero-order chi connectivity index (χ0) is 18.5. The van der Waals surface area contributed by atoms with Crippen LogP contribution in [0.4, 0.5) is 10.5 Å². The molecule has 6 heteroatoms. The lowest BCUT2D eigenvalue weighted by molar-refractivity contribution is 0.206. The zero-order valence-corrected chi connectivity index (χ0v) is 16.1. The number of nitrogens with zero attached hydrogens (tertiary/aromatic N) is 1. The van der Waals surface area contributed by atoms with E-state index in [4.69, 9.17) is 9.47 Å². The van der Waals surface area contributed by atoms with Crippen molar-refractivity contribution in [2.24, 2.45) is 0 Å². The molecular formula is C20H24N2O3S. The summed E-state index contributed by atoms with van der Waals surface area (Å²) in [6.45, 7) is 0.721. The second-order valence-electron chi connectivity index (χ2n) is 6.09. The number of likely N-dealkylation sites (tertiary alicyclic amines) is 1. The summed E-state index contributed by atoms with van der Waals surface area (Å²) in [6.07, 6.45) is 3.87. The van der Waals surface area contributed by atoms with Crippen LogP contribution in [-0.2, 0) is 0 Å². The third kappa shape index (κ3) is 3.75. The third-order valence-electron chi connectivity index (χ3n) is 4.66. The van der Waals surface area contributed by atoms with Gasteiger partial charge in [-0.3, -0.25) is 0 Å². The zero-order valence-electron chi connectivity index (χ0n) is 15.3. The van der Waals surface area contributed by atoms with Crippen molar-refractivity contribution in [3.8, 4) is 11.5 Å². The van der Waals surface area contributed by atoms with Crippen LogP contribution in [-0.4, -0.2) is 38.0 Å². The highest BCUT2D eigenvalue weighted by molar-refractivity contribution is 7.98. The van der Waals surface area contributed by atoms with E-state index in [9.17, 15) is 4.79 Å². The lowest BCUT2D eigenvalue weighted by Crippen LogP contribution is -2.34. The Kier molecular flexibility index (Phi) is 5.93. The van der Waals surface area contributed by atoms with Crippen LogP contribution in [0.2, 0.25) is 0 Å². The van der Waals surface area contributed by atoms with E-state index in [1.807, 2.05) is 53.6 Å². The topological polar surface area (TPSA) is 50.8 Å². The largest absolute Gasteiger partial charge is 0.497 e. The van der Waals surface area contributed by atoms with Crippen molar-refractivity contribution >= 4 is 23.5 Å². The average molecular weight is 372 g/mol. The molecule has 1 fully saturated rings. The van der Waals surface area contributed by atoms with Crippen LogP contribution < -0.4 is 14.8 Å². The van der Waals surface area contributed by atoms with Crippen LogP contribution >= 0.6 is 11.8 Å². The Morgan fingerprint density at radius 2 is 2.00 bits per heavy atom. The third-order valence-corrected chi connectivity index (χ3v) is 5.45. The normalized spacial score (nSPS) is 16.4. The van der Waals surface area contributed by atoms with Gasteiger partial charge in [-0.1, -0.05) is 12.1 Å². The molecule has 0 radical (unpaired) electrons. The number of hydrogen-bond acceptors (Lipinski definition) is 4. The van der Waals surface area contributed by atoms with Gasteiger partial charge in [0.15, 0.2) is 0 Å². The van der Waals surface area contributed by atoms with E-state index in [1.54, 1.807) is 26.0 Å². The number of thioether (sulfide) groups is 1. The first kappa shape index (κ1) is 18.5. The fourth-order valence-corrected chi connectivity index (χ4v) is 3.92. The van der Waals surface area contributed by atoms with Crippen molar-refractivity contribution in [2.45, 2.75) is 23.8 Å². The van der Waals surface area contributed by atoms with Crippen LogP contribution in [0.3, 0.4) is 0 Å². The molecule has 0 bridgehead atoms. The Bertz CT molecular complexity index is 781. The first-order valence-electron chi connectivity index (χ1n) is 8.60. The molecule has 26 heavy (non-hydrogen) atoms. The second kappa shape index (κ2) is 8.36. The van der Waals surface area contributed by atoms with Gasteiger partial charge in [0.1, 0.15) is 11.5 Å². The summed E-state index contributed by atoms with van der Waals surface area (Å²) in [6, 6.07) is 13.5. The van der Waals surface area contributed by atoms with Gasteiger partial charge < -0.3 is 19.7 Å². The predicted molar refractivity (Wildman–Crippen MR) is 105 cm³/mol. The summed E-state index contributed by atoms with van der Waals surface area (Å²) in [7, 11) is 3.30. The van der Waals surface area contributed by atoms with E-state index >= 15 is 0 Å². The molecule has 1 aliphatic rings. The van der Waals surface area contributed by atoms with E-state index in [0.717, 1.165) is 47.0 Å². The van der Waals surface area contributed by atoms with Crippen LogP contribution in [0.15, 0.2) is 47.4 Å². The number of rotatable bonds is 5. The van der Waals surface area contributed by atoms with Crippen molar-refractivity contribution in [2.75, 3.05) is 32.3 Å². The predicted octanol–water partition coefficient (Wildman–Crippen LogP) is 4.79. The van der Waals surface area contributed by atoms with Gasteiger partial charge in [0.25, 0.3) is 0 Å². The SMILES string of the molecule is COc1ccc(OC)c(C2CCCN2C(=O)Nc2ccccc2SC)c1. The number of carbonyl (C=O) groups excluding carboxylic acids is 1. The number of para-hydroxylation sites is 1. The highest BCUT2D eigenvalue weighted by atomic mass is 32.2. The molecule has 0 aromatic heterocycles. The van der Waals surface area contributed by atoms with Crippen molar-refractivity contribution in [1.29, 1.82) is 0 Å². The monoisotopic (exact) mass is 372 g/mol. The molecular weight excluding hydrogens is 348 g/mol. The van der Waals surface area contributed by atoms with Gasteiger partial charge in [-0.05, 0) is 49.4 Å². The van der Waals surface area contributed by atoms with Crippen LogP contribution in [0.5, 0.6) is 11.5 Å². The maximum Gasteiger partial charge on any atom is 0.322 e. The molecule has 1 aliphatic heterocycles. The lowest BCUT2D eigenvalue weighted by atomic mass is 10.0. The number of benzene rings is 2. The number of anilines is 1. The Labute approximate surface area is 158 Å². The molecule has 1 heterocycles. The highest BCUT2D eigenvalue weighted by Crippen LogP contribution is 2.39. The molecule has 138 valence electrons. The molecule has 2 aromatic rings. The number of nitrogens with one attached hydrogen (secondary N) is 1. The van der Waals surface area contributed by atoms with E-state index in [-0.39, 0.29) is 12.1 Å². The van der Waals surface area contributed by atoms with Gasteiger partial charge >= 0.3 is 6.03 Å². The summed E-state index contributed by atoms with van der Waals surface area (Å²) in [4.78, 5) is 15.9. The van der Waals surface area contributed by atoms with E-state index in [2.05, 4.69) is 5.32 Å². The average Bonchev–Trinajstić information content (AvgIpc) is 3.17. The van der Waals surface area contributed by atoms with Gasteiger partial charge in [-0.15, -0.1) is 11.8 Å². The molecule has 1 N–H and O–H groups in total. The quantitative estimate of drug-likeness (QED) is 0.767. The Morgan fingerprint density at radius 3 is 2.73 bits per heavy atom. The van der Waals surface area contributed by atoms with Gasteiger partial charge in [0.05, 0.1) is 25.9 Å². The van der Waals surface area contributed by atoms with Crippen molar-refractivity contribution < 1.29 is 14.3 Å². The first-order valence-corrected chi connectivity index (χ1v) is 9.83. The fourth-order valence-electron chi connectivity index (χ4n) is 3.37. The standard InChI is InChI=1S/C20H24N2O3S/c1-24-14-10-11-18(25-2)15(13-14)17-8-6-12-22(17)20(23)21-16-7-4-5-9-19(16)26-3/h4-5,7,9-11,13,17H,6,8,12H2,1-3H3,(H,21,23). The molecule has 1 unspecified atom stereocenters. The van der Waals surface area contributed by atoms with Crippen LogP contribution in [0.1, 0.15) is 24.4 Å². The van der Waals surface area contributed by atoms with E-state index in [0.29, 0.717) is 0 Å². The molecule has 2 aromatic carbocycles. The number of carbonyl (C=O) groups is 1. The van der Waals surface area contributed by atoms with Gasteiger partial charge in [0.2, 0.25) is 0 Å². The molecule has 0 spiro atoms. The van der Waals surface area contributed by atoms with Gasteiger partial charge in [0, 0.05) is 17.0 Å².